The van der Waals surface area contributed by atoms with E-state index < -0.39 is 6.10 Å². The van der Waals surface area contributed by atoms with Crippen LogP contribution in [0.15, 0.2) is 46.1 Å². The minimum atomic E-state index is -0.571. The highest BCUT2D eigenvalue weighted by Gasteiger charge is 2.30. The molecular formula is C15H17BrClNO2. The number of aliphatic hydroxyl groups is 1. The number of aliphatic imine (C=N–C) groups is 1. The summed E-state index contributed by atoms with van der Waals surface area (Å²) in [6.45, 7) is 3.85. The topological polar surface area (TPSA) is 41.8 Å². The van der Waals surface area contributed by atoms with Gasteiger partial charge in [0.2, 0.25) is 5.90 Å². The molecule has 0 bridgehead atoms. The van der Waals surface area contributed by atoms with Gasteiger partial charge in [0.05, 0.1) is 6.10 Å². The van der Waals surface area contributed by atoms with Crippen molar-refractivity contribution in [3.63, 3.8) is 0 Å². The monoisotopic (exact) mass is 357 g/mol. The molecule has 2 atom stereocenters. The summed E-state index contributed by atoms with van der Waals surface area (Å²) in [7, 11) is 0. The number of nitrogens with zero attached hydrogens (tertiary/aromatic N) is 1. The number of aliphatic hydroxyl groups excluding tert-OH is 1. The Bertz CT molecular complexity index is 501. The summed E-state index contributed by atoms with van der Waals surface area (Å²) < 4.78 is 6.58. The van der Waals surface area contributed by atoms with Crippen molar-refractivity contribution < 1.29 is 9.84 Å². The summed E-state index contributed by atoms with van der Waals surface area (Å²) in [5.41, 5.74) is 0.879. The molecule has 108 valence electrons. The normalized spacial score (nSPS) is 19.6. The highest BCUT2D eigenvalue weighted by molar-refractivity contribution is 9.10. The standard InChI is InChI=1S/C15H17BrClNO2/c1-10-14(13(19)4-2-3-9-17)18-15(20-10)11-5-7-12(16)8-6-11/h5-8,13-14,19H,1-4,9H2/t13-,14+/m1/s1. The van der Waals surface area contributed by atoms with Gasteiger partial charge >= 0.3 is 0 Å². The Morgan fingerprint density at radius 2 is 2.05 bits per heavy atom. The number of alkyl halides is 1. The van der Waals surface area contributed by atoms with E-state index in [1.54, 1.807) is 0 Å². The van der Waals surface area contributed by atoms with Gasteiger partial charge in [0, 0.05) is 15.9 Å². The fourth-order valence-electron chi connectivity index (χ4n) is 2.04. The van der Waals surface area contributed by atoms with Gasteiger partial charge in [-0.05, 0) is 43.5 Å². The van der Waals surface area contributed by atoms with Gasteiger partial charge in [-0.15, -0.1) is 11.6 Å². The van der Waals surface area contributed by atoms with Gasteiger partial charge in [-0.25, -0.2) is 4.99 Å². The smallest absolute Gasteiger partial charge is 0.222 e. The van der Waals surface area contributed by atoms with Crippen molar-refractivity contribution in [2.24, 2.45) is 4.99 Å². The van der Waals surface area contributed by atoms with E-state index in [2.05, 4.69) is 27.5 Å². The highest BCUT2D eigenvalue weighted by Crippen LogP contribution is 2.25. The maximum Gasteiger partial charge on any atom is 0.222 e. The molecule has 0 amide bonds. The van der Waals surface area contributed by atoms with E-state index in [0.29, 0.717) is 24.0 Å². The van der Waals surface area contributed by atoms with Crippen LogP contribution in [-0.2, 0) is 4.74 Å². The molecule has 2 rings (SSSR count). The van der Waals surface area contributed by atoms with Gasteiger partial charge in [-0.1, -0.05) is 22.5 Å². The van der Waals surface area contributed by atoms with E-state index in [1.165, 1.54) is 0 Å². The predicted octanol–water partition coefficient (Wildman–Crippen LogP) is 3.88. The zero-order chi connectivity index (χ0) is 14.5. The van der Waals surface area contributed by atoms with E-state index in [1.807, 2.05) is 24.3 Å². The molecule has 5 heteroatoms. The molecule has 0 aliphatic carbocycles. The largest absolute Gasteiger partial charge is 0.441 e. The number of halogens is 2. The van der Waals surface area contributed by atoms with Crippen molar-refractivity contribution in [3.8, 4) is 0 Å². The first-order valence-corrected chi connectivity index (χ1v) is 7.89. The minimum absolute atomic E-state index is 0.385. The number of rotatable bonds is 6. The Morgan fingerprint density at radius 3 is 2.70 bits per heavy atom. The van der Waals surface area contributed by atoms with E-state index in [-0.39, 0.29) is 6.04 Å². The molecule has 1 aliphatic heterocycles. The van der Waals surface area contributed by atoms with Gasteiger partial charge in [0.25, 0.3) is 0 Å². The van der Waals surface area contributed by atoms with Crippen molar-refractivity contribution in [1.29, 1.82) is 0 Å². The highest BCUT2D eigenvalue weighted by atomic mass is 79.9. The molecule has 0 saturated heterocycles. The van der Waals surface area contributed by atoms with Crippen LogP contribution in [0.1, 0.15) is 24.8 Å². The Labute approximate surface area is 132 Å². The third-order valence-electron chi connectivity index (χ3n) is 3.15. The van der Waals surface area contributed by atoms with E-state index in [4.69, 9.17) is 16.3 Å². The van der Waals surface area contributed by atoms with E-state index >= 15 is 0 Å². The van der Waals surface area contributed by atoms with Crippen LogP contribution in [-0.4, -0.2) is 29.0 Å². The van der Waals surface area contributed by atoms with E-state index in [0.717, 1.165) is 22.9 Å². The van der Waals surface area contributed by atoms with Gasteiger partial charge in [-0.2, -0.15) is 0 Å². The quantitative estimate of drug-likeness (QED) is 0.619. The molecule has 0 fully saturated rings. The first kappa shape index (κ1) is 15.5. The van der Waals surface area contributed by atoms with Crippen molar-refractivity contribution in [3.05, 3.63) is 46.6 Å². The van der Waals surface area contributed by atoms with Crippen LogP contribution in [0.3, 0.4) is 0 Å². The van der Waals surface area contributed by atoms with Crippen molar-refractivity contribution in [1.82, 2.24) is 0 Å². The number of ether oxygens (including phenoxy) is 1. The third kappa shape index (κ3) is 3.84. The van der Waals surface area contributed by atoms with Crippen molar-refractivity contribution >= 4 is 33.4 Å². The second kappa shape index (κ2) is 7.25. The fourth-order valence-corrected chi connectivity index (χ4v) is 2.49. The minimum Gasteiger partial charge on any atom is -0.441 e. The number of benzene rings is 1. The average Bonchev–Trinajstić information content (AvgIpc) is 2.82. The first-order chi connectivity index (χ1) is 9.61. The van der Waals surface area contributed by atoms with Crippen LogP contribution in [0.25, 0.3) is 0 Å². The maximum absolute atomic E-state index is 10.2. The lowest BCUT2D eigenvalue weighted by atomic mass is 10.0. The first-order valence-electron chi connectivity index (χ1n) is 6.56. The second-order valence-corrected chi connectivity index (χ2v) is 6.00. The third-order valence-corrected chi connectivity index (χ3v) is 3.95. The van der Waals surface area contributed by atoms with Crippen LogP contribution >= 0.6 is 27.5 Å². The molecule has 0 aromatic heterocycles. The molecule has 1 heterocycles. The zero-order valence-corrected chi connectivity index (χ0v) is 13.4. The number of hydrogen-bond acceptors (Lipinski definition) is 3. The van der Waals surface area contributed by atoms with Crippen LogP contribution < -0.4 is 0 Å². The second-order valence-electron chi connectivity index (χ2n) is 4.71. The molecule has 1 N–H and O–H groups in total. The van der Waals surface area contributed by atoms with Gasteiger partial charge in [0.15, 0.2) is 0 Å². The SMILES string of the molecule is C=C1OC(c2ccc(Br)cc2)=N[C@@H]1[C@H](O)CCCCCl. The summed E-state index contributed by atoms with van der Waals surface area (Å²) >= 11 is 9.02. The van der Waals surface area contributed by atoms with Gasteiger partial charge in [0.1, 0.15) is 11.8 Å². The lowest BCUT2D eigenvalue weighted by Crippen LogP contribution is -2.23. The summed E-state index contributed by atoms with van der Waals surface area (Å²) in [4.78, 5) is 4.44. The van der Waals surface area contributed by atoms with Gasteiger partial charge in [-0.3, -0.25) is 0 Å². The molecule has 0 unspecified atom stereocenters. The molecule has 1 aromatic carbocycles. The molecule has 0 radical (unpaired) electrons. The molecule has 20 heavy (non-hydrogen) atoms. The zero-order valence-electron chi connectivity index (χ0n) is 11.1. The fraction of sp³-hybridized carbons (Fsp3) is 0.400. The summed E-state index contributed by atoms with van der Waals surface area (Å²) in [6, 6.07) is 7.29. The Balaban J connectivity index is 2.04. The lowest BCUT2D eigenvalue weighted by molar-refractivity contribution is 0.137. The maximum atomic E-state index is 10.2. The molecule has 1 aliphatic rings. The summed E-state index contributed by atoms with van der Waals surface area (Å²) in [6.07, 6.45) is 1.84. The summed E-state index contributed by atoms with van der Waals surface area (Å²) in [5.74, 6) is 1.63. The van der Waals surface area contributed by atoms with Crippen LogP contribution in [0, 0.1) is 0 Å². The van der Waals surface area contributed by atoms with Gasteiger partial charge < -0.3 is 9.84 Å². The number of unbranched alkanes of at least 4 members (excludes halogenated alkanes) is 1. The molecule has 3 nitrogen and oxygen atoms in total. The molecule has 0 spiro atoms. The Kier molecular flexibility index (Phi) is 5.64. The molecule has 0 saturated carbocycles. The predicted molar refractivity (Wildman–Crippen MR) is 85.3 cm³/mol. The Morgan fingerprint density at radius 1 is 1.35 bits per heavy atom. The average molecular weight is 359 g/mol. The van der Waals surface area contributed by atoms with Crippen LogP contribution in [0.4, 0.5) is 0 Å². The van der Waals surface area contributed by atoms with E-state index in [9.17, 15) is 5.11 Å². The Hall–Kier alpha value is -0.840. The van der Waals surface area contributed by atoms with Crippen LogP contribution in [0.5, 0.6) is 0 Å². The molecule has 1 aromatic rings. The lowest BCUT2D eigenvalue weighted by Gasteiger charge is -2.14. The summed E-state index contributed by atoms with van der Waals surface area (Å²) in [5, 5.41) is 10.2. The molecular weight excluding hydrogens is 342 g/mol. The van der Waals surface area contributed by atoms with Crippen molar-refractivity contribution in [2.75, 3.05) is 5.88 Å². The number of hydrogen-bond donors (Lipinski definition) is 1. The van der Waals surface area contributed by atoms with Crippen molar-refractivity contribution in [2.45, 2.75) is 31.4 Å². The van der Waals surface area contributed by atoms with Crippen LogP contribution in [0.2, 0.25) is 0 Å².